The van der Waals surface area contributed by atoms with Crippen LogP contribution in [-0.4, -0.2) is 27.7 Å². The van der Waals surface area contributed by atoms with Crippen molar-refractivity contribution >= 4 is 17.0 Å². The van der Waals surface area contributed by atoms with Gasteiger partial charge in [-0.2, -0.15) is 0 Å². The summed E-state index contributed by atoms with van der Waals surface area (Å²) in [5, 5.41) is 9.50. The van der Waals surface area contributed by atoms with Crippen molar-refractivity contribution in [3.05, 3.63) is 24.0 Å². The number of nitrogens with one attached hydrogen (secondary N) is 1. The van der Waals surface area contributed by atoms with Crippen molar-refractivity contribution in [2.75, 3.05) is 6.61 Å². The molecular formula is C10H10N2O3. The number of hydrogen-bond acceptors (Lipinski definition) is 3. The van der Waals surface area contributed by atoms with Crippen LogP contribution in [0.5, 0.6) is 5.75 Å². The fraction of sp³-hybridized carbons (Fsp3) is 0.200. The summed E-state index contributed by atoms with van der Waals surface area (Å²) < 4.78 is 5.26. The van der Waals surface area contributed by atoms with Gasteiger partial charge in [0.1, 0.15) is 17.1 Å². The van der Waals surface area contributed by atoms with E-state index in [4.69, 9.17) is 9.84 Å². The summed E-state index contributed by atoms with van der Waals surface area (Å²) in [5.74, 6) is -0.355. The number of nitrogens with zero attached hydrogens (tertiary/aromatic N) is 1. The van der Waals surface area contributed by atoms with Crippen LogP contribution in [0.25, 0.3) is 11.0 Å². The van der Waals surface area contributed by atoms with Gasteiger partial charge in [0.15, 0.2) is 0 Å². The molecule has 0 saturated heterocycles. The number of aromatic nitrogens is 2. The Morgan fingerprint density at radius 1 is 1.60 bits per heavy atom. The largest absolute Gasteiger partial charge is 0.492 e. The highest BCUT2D eigenvalue weighted by Crippen LogP contribution is 2.19. The Balaban J connectivity index is 2.47. The fourth-order valence-corrected chi connectivity index (χ4v) is 1.36. The molecule has 0 aliphatic rings. The van der Waals surface area contributed by atoms with Gasteiger partial charge in [0, 0.05) is 5.39 Å². The molecule has 0 aliphatic carbocycles. The SMILES string of the molecule is CCOc1cnc2[nH]c(C(=O)O)cc2c1. The van der Waals surface area contributed by atoms with Crippen molar-refractivity contribution in [2.45, 2.75) is 6.92 Å². The average Bonchev–Trinajstić information content (AvgIpc) is 2.61. The third-order valence-corrected chi connectivity index (χ3v) is 1.99. The highest BCUT2D eigenvalue weighted by molar-refractivity contribution is 5.92. The molecule has 5 nitrogen and oxygen atoms in total. The van der Waals surface area contributed by atoms with Crippen LogP contribution >= 0.6 is 0 Å². The van der Waals surface area contributed by atoms with Gasteiger partial charge in [-0.3, -0.25) is 0 Å². The van der Waals surface area contributed by atoms with E-state index in [1.54, 1.807) is 12.3 Å². The minimum absolute atomic E-state index is 0.131. The van der Waals surface area contributed by atoms with Gasteiger partial charge in [-0.15, -0.1) is 0 Å². The lowest BCUT2D eigenvalue weighted by Crippen LogP contribution is -1.95. The van der Waals surface area contributed by atoms with Gasteiger partial charge in [0.05, 0.1) is 12.8 Å². The molecule has 0 bridgehead atoms. The van der Waals surface area contributed by atoms with E-state index in [2.05, 4.69) is 9.97 Å². The van der Waals surface area contributed by atoms with Crippen LogP contribution in [0.4, 0.5) is 0 Å². The van der Waals surface area contributed by atoms with Crippen molar-refractivity contribution in [1.82, 2.24) is 9.97 Å². The zero-order valence-electron chi connectivity index (χ0n) is 8.15. The van der Waals surface area contributed by atoms with E-state index in [0.717, 1.165) is 5.39 Å². The number of rotatable bonds is 3. The highest BCUT2D eigenvalue weighted by atomic mass is 16.5. The maximum Gasteiger partial charge on any atom is 0.352 e. The van der Waals surface area contributed by atoms with Crippen LogP contribution in [0, 0.1) is 0 Å². The Labute approximate surface area is 85.7 Å². The molecule has 0 saturated carbocycles. The monoisotopic (exact) mass is 206 g/mol. The fourth-order valence-electron chi connectivity index (χ4n) is 1.36. The lowest BCUT2D eigenvalue weighted by Gasteiger charge is -2.00. The molecule has 15 heavy (non-hydrogen) atoms. The van der Waals surface area contributed by atoms with Gasteiger partial charge in [0.25, 0.3) is 0 Å². The second-order valence-corrected chi connectivity index (χ2v) is 3.03. The molecule has 0 atom stereocenters. The molecule has 0 fully saturated rings. The number of aromatic amines is 1. The summed E-state index contributed by atoms with van der Waals surface area (Å²) >= 11 is 0. The number of aromatic carboxylic acids is 1. The first kappa shape index (κ1) is 9.51. The van der Waals surface area contributed by atoms with Crippen molar-refractivity contribution in [3.63, 3.8) is 0 Å². The molecule has 2 rings (SSSR count). The number of pyridine rings is 1. The minimum Gasteiger partial charge on any atom is -0.492 e. The molecule has 2 N–H and O–H groups in total. The van der Waals surface area contributed by atoms with Crippen LogP contribution < -0.4 is 4.74 Å². The van der Waals surface area contributed by atoms with Gasteiger partial charge >= 0.3 is 5.97 Å². The summed E-state index contributed by atoms with van der Waals surface area (Å²) in [6, 6.07) is 3.29. The first-order chi connectivity index (χ1) is 7.20. The topological polar surface area (TPSA) is 75.2 Å². The first-order valence-electron chi connectivity index (χ1n) is 4.55. The molecule has 0 radical (unpaired) electrons. The van der Waals surface area contributed by atoms with Crippen LogP contribution in [0.15, 0.2) is 18.3 Å². The van der Waals surface area contributed by atoms with Crippen LogP contribution in [0.1, 0.15) is 17.4 Å². The van der Waals surface area contributed by atoms with Crippen LogP contribution in [0.3, 0.4) is 0 Å². The van der Waals surface area contributed by atoms with E-state index in [-0.39, 0.29) is 5.69 Å². The maximum atomic E-state index is 10.7. The Bertz CT molecular complexity index is 504. The van der Waals surface area contributed by atoms with Crippen LogP contribution in [0.2, 0.25) is 0 Å². The Kier molecular flexibility index (Phi) is 2.29. The van der Waals surface area contributed by atoms with E-state index in [9.17, 15) is 4.79 Å². The summed E-state index contributed by atoms with van der Waals surface area (Å²) in [5.41, 5.74) is 0.682. The number of H-pyrrole nitrogens is 1. The van der Waals surface area contributed by atoms with E-state index in [1.807, 2.05) is 6.92 Å². The predicted octanol–water partition coefficient (Wildman–Crippen LogP) is 1.66. The lowest BCUT2D eigenvalue weighted by molar-refractivity contribution is 0.0691. The van der Waals surface area contributed by atoms with Crippen molar-refractivity contribution in [2.24, 2.45) is 0 Å². The summed E-state index contributed by atoms with van der Waals surface area (Å²) in [4.78, 5) is 17.4. The molecule has 0 spiro atoms. The van der Waals surface area contributed by atoms with Crippen LogP contribution in [-0.2, 0) is 0 Å². The highest BCUT2D eigenvalue weighted by Gasteiger charge is 2.08. The van der Waals surface area contributed by atoms with E-state index < -0.39 is 5.97 Å². The third-order valence-electron chi connectivity index (χ3n) is 1.99. The second-order valence-electron chi connectivity index (χ2n) is 3.03. The molecule has 0 amide bonds. The Hall–Kier alpha value is -2.04. The quantitative estimate of drug-likeness (QED) is 0.800. The van der Waals surface area contributed by atoms with Gasteiger partial charge in [0.2, 0.25) is 0 Å². The molecule has 0 aliphatic heterocycles. The van der Waals surface area contributed by atoms with Crippen molar-refractivity contribution in [1.29, 1.82) is 0 Å². The Morgan fingerprint density at radius 3 is 3.07 bits per heavy atom. The second kappa shape index (κ2) is 3.61. The standard InChI is InChI=1S/C10H10N2O3/c1-2-15-7-3-6-4-8(10(13)14)12-9(6)11-5-7/h3-5H,2H2,1H3,(H,11,12)(H,13,14). The number of fused-ring (bicyclic) bond motifs is 1. The molecule has 0 aromatic carbocycles. The first-order valence-corrected chi connectivity index (χ1v) is 4.55. The summed E-state index contributed by atoms with van der Waals surface area (Å²) in [6.45, 7) is 2.44. The number of ether oxygens (including phenoxy) is 1. The Morgan fingerprint density at radius 2 is 2.40 bits per heavy atom. The van der Waals surface area contributed by atoms with E-state index in [0.29, 0.717) is 18.0 Å². The molecule has 0 unspecified atom stereocenters. The van der Waals surface area contributed by atoms with Gasteiger partial charge in [-0.1, -0.05) is 0 Å². The summed E-state index contributed by atoms with van der Waals surface area (Å²) in [7, 11) is 0. The van der Waals surface area contributed by atoms with E-state index >= 15 is 0 Å². The van der Waals surface area contributed by atoms with Crippen molar-refractivity contribution < 1.29 is 14.6 Å². The predicted molar refractivity (Wildman–Crippen MR) is 54.2 cm³/mol. The molecule has 2 aromatic heterocycles. The van der Waals surface area contributed by atoms with Gasteiger partial charge in [-0.25, -0.2) is 9.78 Å². The zero-order valence-corrected chi connectivity index (χ0v) is 8.15. The van der Waals surface area contributed by atoms with Crippen molar-refractivity contribution in [3.8, 4) is 5.75 Å². The number of carbonyl (C=O) groups is 1. The third kappa shape index (κ3) is 1.76. The minimum atomic E-state index is -0.994. The smallest absolute Gasteiger partial charge is 0.352 e. The summed E-state index contributed by atoms with van der Waals surface area (Å²) in [6.07, 6.45) is 1.56. The molecule has 2 heterocycles. The average molecular weight is 206 g/mol. The maximum absolute atomic E-state index is 10.7. The van der Waals surface area contributed by atoms with E-state index in [1.165, 1.54) is 6.07 Å². The lowest BCUT2D eigenvalue weighted by atomic mass is 10.3. The molecule has 2 aromatic rings. The molecule has 5 heteroatoms. The van der Waals surface area contributed by atoms with Gasteiger partial charge < -0.3 is 14.8 Å². The normalized spacial score (nSPS) is 10.5. The van der Waals surface area contributed by atoms with Gasteiger partial charge in [-0.05, 0) is 19.1 Å². The number of carboxylic acid groups (broad SMARTS) is 1. The number of hydrogen-bond donors (Lipinski definition) is 2. The molecule has 78 valence electrons. The molecular weight excluding hydrogens is 196 g/mol. The number of carboxylic acids is 1. The zero-order chi connectivity index (χ0) is 10.8.